The van der Waals surface area contributed by atoms with E-state index in [1.54, 1.807) is 0 Å². The van der Waals surface area contributed by atoms with Gasteiger partial charge in [-0.15, -0.1) is 0 Å². The molecule has 1 heterocycles. The highest BCUT2D eigenvalue weighted by Gasteiger charge is 2.35. The molecule has 0 spiro atoms. The number of rotatable bonds is 6. The minimum atomic E-state index is -0.0788. The lowest BCUT2D eigenvalue weighted by atomic mass is 9.82. The SMILES string of the molecule is CC1(C)c2ccccc2-c2ccc(N(c3ccc(C4=Cc5c(n(-c6ccccc6)c6ccccc56)CC4)cc3)c3ccc(-c4ccccc4)cc3)cc21. The van der Waals surface area contributed by atoms with E-state index in [2.05, 4.69) is 205 Å². The number of aromatic nitrogens is 1. The molecule has 0 radical (unpaired) electrons. The second-order valence-corrected chi connectivity index (χ2v) is 14.9. The smallest absolute Gasteiger partial charge is 0.0537 e. The highest BCUT2D eigenvalue weighted by molar-refractivity contribution is 5.99. The summed E-state index contributed by atoms with van der Waals surface area (Å²) in [5.41, 5.74) is 19.2. The van der Waals surface area contributed by atoms with Crippen molar-refractivity contribution in [3.05, 3.63) is 204 Å². The molecule has 2 aliphatic rings. The van der Waals surface area contributed by atoms with Crippen molar-refractivity contribution in [2.45, 2.75) is 32.1 Å². The quantitative estimate of drug-likeness (QED) is 0.170. The van der Waals surface area contributed by atoms with Crippen LogP contribution in [-0.2, 0) is 11.8 Å². The van der Waals surface area contributed by atoms with Gasteiger partial charge < -0.3 is 9.47 Å². The number of anilines is 3. The lowest BCUT2D eigenvalue weighted by Crippen LogP contribution is -2.16. The molecule has 2 heteroatoms. The molecular formula is C51H40N2. The van der Waals surface area contributed by atoms with Gasteiger partial charge in [0.15, 0.2) is 0 Å². The van der Waals surface area contributed by atoms with Crippen molar-refractivity contribution in [2.75, 3.05) is 4.90 Å². The Kier molecular flexibility index (Phi) is 7.33. The van der Waals surface area contributed by atoms with Gasteiger partial charge in [-0.2, -0.15) is 0 Å². The lowest BCUT2D eigenvalue weighted by Gasteiger charge is -2.28. The van der Waals surface area contributed by atoms with Crippen molar-refractivity contribution >= 4 is 39.6 Å². The number of hydrogen-bond donors (Lipinski definition) is 0. The fraction of sp³-hybridized carbons (Fsp3) is 0.0980. The zero-order valence-electron chi connectivity index (χ0n) is 30.1. The van der Waals surface area contributed by atoms with Crippen LogP contribution in [0.3, 0.4) is 0 Å². The van der Waals surface area contributed by atoms with Gasteiger partial charge in [-0.3, -0.25) is 0 Å². The van der Waals surface area contributed by atoms with Crippen LogP contribution in [0.1, 0.15) is 48.2 Å². The molecule has 53 heavy (non-hydrogen) atoms. The normalized spacial score (nSPS) is 14.0. The van der Waals surface area contributed by atoms with Crippen LogP contribution in [0, 0.1) is 0 Å². The summed E-state index contributed by atoms with van der Waals surface area (Å²) < 4.78 is 2.46. The van der Waals surface area contributed by atoms with E-state index in [-0.39, 0.29) is 5.41 Å². The molecule has 0 fully saturated rings. The molecule has 254 valence electrons. The Morgan fingerprint density at radius 2 is 1.08 bits per heavy atom. The van der Waals surface area contributed by atoms with Gasteiger partial charge in [-0.25, -0.2) is 0 Å². The maximum atomic E-state index is 2.46. The first-order valence-electron chi connectivity index (χ1n) is 18.7. The fourth-order valence-corrected chi connectivity index (χ4v) is 8.86. The van der Waals surface area contributed by atoms with Crippen molar-refractivity contribution in [2.24, 2.45) is 0 Å². The summed E-state index contributed by atoms with van der Waals surface area (Å²) >= 11 is 0. The molecule has 7 aromatic carbocycles. The molecule has 0 aliphatic heterocycles. The zero-order chi connectivity index (χ0) is 35.5. The van der Waals surface area contributed by atoms with Crippen LogP contribution >= 0.6 is 0 Å². The van der Waals surface area contributed by atoms with Gasteiger partial charge in [0.2, 0.25) is 0 Å². The molecule has 8 aromatic rings. The molecular weight excluding hydrogens is 641 g/mol. The maximum Gasteiger partial charge on any atom is 0.0537 e. The highest BCUT2D eigenvalue weighted by atomic mass is 15.1. The number of fused-ring (bicyclic) bond motifs is 6. The summed E-state index contributed by atoms with van der Waals surface area (Å²) in [6.07, 6.45) is 4.44. The van der Waals surface area contributed by atoms with Crippen LogP contribution in [0.4, 0.5) is 17.1 Å². The molecule has 0 saturated heterocycles. The Bertz CT molecular complexity index is 2660. The molecule has 0 bridgehead atoms. The number of benzene rings is 7. The third-order valence-electron chi connectivity index (χ3n) is 11.5. The largest absolute Gasteiger partial charge is 0.313 e. The van der Waals surface area contributed by atoms with Crippen molar-refractivity contribution < 1.29 is 0 Å². The van der Waals surface area contributed by atoms with Crippen molar-refractivity contribution in [3.8, 4) is 27.9 Å². The van der Waals surface area contributed by atoms with Crippen LogP contribution in [0.25, 0.3) is 50.5 Å². The summed E-state index contributed by atoms with van der Waals surface area (Å²) in [5, 5.41) is 1.31. The second-order valence-electron chi connectivity index (χ2n) is 14.9. The summed E-state index contributed by atoms with van der Waals surface area (Å²) in [5.74, 6) is 0. The van der Waals surface area contributed by atoms with E-state index in [0.29, 0.717) is 0 Å². The van der Waals surface area contributed by atoms with Gasteiger partial charge in [-0.05, 0) is 118 Å². The van der Waals surface area contributed by atoms with Gasteiger partial charge in [0.1, 0.15) is 0 Å². The third kappa shape index (κ3) is 5.17. The van der Waals surface area contributed by atoms with Crippen LogP contribution in [-0.4, -0.2) is 4.57 Å². The fourth-order valence-electron chi connectivity index (χ4n) is 8.86. The van der Waals surface area contributed by atoms with Crippen LogP contribution in [0.2, 0.25) is 0 Å². The standard InChI is InChI=1S/C51H40N2/c1-51(2)47-19-11-9-17-43(47)44-31-30-42(34-48(44)51)52(40-26-21-36(22-27-40)35-13-5-3-6-14-35)41-28-23-37(24-29-41)38-25-32-50-46(33-38)45-18-10-12-20-49(45)53(50)39-15-7-4-8-16-39/h3-24,26-31,33-34H,25,32H2,1-2H3. The molecule has 0 amide bonds. The van der Waals surface area contributed by atoms with Crippen molar-refractivity contribution in [3.63, 3.8) is 0 Å². The van der Waals surface area contributed by atoms with E-state index in [1.165, 1.54) is 78.1 Å². The molecule has 10 rings (SSSR count). The van der Waals surface area contributed by atoms with E-state index in [0.717, 1.165) is 24.2 Å². The first-order chi connectivity index (χ1) is 26.0. The highest BCUT2D eigenvalue weighted by Crippen LogP contribution is 2.51. The minimum absolute atomic E-state index is 0.0788. The number of nitrogens with zero attached hydrogens (tertiary/aromatic N) is 2. The van der Waals surface area contributed by atoms with Gasteiger partial charge >= 0.3 is 0 Å². The van der Waals surface area contributed by atoms with Gasteiger partial charge in [0.05, 0.1) is 5.52 Å². The maximum absolute atomic E-state index is 2.46. The Labute approximate surface area is 311 Å². The van der Waals surface area contributed by atoms with E-state index < -0.39 is 0 Å². The molecule has 0 atom stereocenters. The molecule has 2 nitrogen and oxygen atoms in total. The number of para-hydroxylation sites is 2. The van der Waals surface area contributed by atoms with E-state index in [9.17, 15) is 0 Å². The molecule has 2 aliphatic carbocycles. The Hall–Kier alpha value is -6.38. The Morgan fingerprint density at radius 1 is 0.491 bits per heavy atom. The minimum Gasteiger partial charge on any atom is -0.313 e. The summed E-state index contributed by atoms with van der Waals surface area (Å²) in [4.78, 5) is 2.42. The Morgan fingerprint density at radius 3 is 1.83 bits per heavy atom. The van der Waals surface area contributed by atoms with Crippen molar-refractivity contribution in [1.82, 2.24) is 4.57 Å². The summed E-state index contributed by atoms with van der Waals surface area (Å²) in [6, 6.07) is 64.4. The zero-order valence-corrected chi connectivity index (χ0v) is 30.1. The Balaban J connectivity index is 1.05. The molecule has 0 unspecified atom stereocenters. The predicted octanol–water partition coefficient (Wildman–Crippen LogP) is 13.6. The van der Waals surface area contributed by atoms with Gasteiger partial charge in [0, 0.05) is 44.8 Å². The van der Waals surface area contributed by atoms with Crippen LogP contribution in [0.5, 0.6) is 0 Å². The first kappa shape index (κ1) is 31.4. The third-order valence-corrected chi connectivity index (χ3v) is 11.5. The van der Waals surface area contributed by atoms with Gasteiger partial charge in [0.25, 0.3) is 0 Å². The van der Waals surface area contributed by atoms with E-state index >= 15 is 0 Å². The van der Waals surface area contributed by atoms with E-state index in [1.807, 2.05) is 0 Å². The molecule has 0 N–H and O–H groups in total. The van der Waals surface area contributed by atoms with Crippen molar-refractivity contribution in [1.29, 1.82) is 0 Å². The summed E-state index contributed by atoms with van der Waals surface area (Å²) in [6.45, 7) is 4.71. The predicted molar refractivity (Wildman–Crippen MR) is 224 cm³/mol. The molecule has 1 aromatic heterocycles. The lowest BCUT2D eigenvalue weighted by molar-refractivity contribution is 0.660. The van der Waals surface area contributed by atoms with Gasteiger partial charge in [-0.1, -0.05) is 135 Å². The summed E-state index contributed by atoms with van der Waals surface area (Å²) in [7, 11) is 0. The van der Waals surface area contributed by atoms with Crippen LogP contribution < -0.4 is 4.90 Å². The van der Waals surface area contributed by atoms with Crippen LogP contribution in [0.15, 0.2) is 176 Å². The second kappa shape index (κ2) is 12.4. The first-order valence-corrected chi connectivity index (χ1v) is 18.7. The number of allylic oxidation sites excluding steroid dienone is 1. The monoisotopic (exact) mass is 680 g/mol. The average molecular weight is 681 g/mol. The topological polar surface area (TPSA) is 8.17 Å². The van der Waals surface area contributed by atoms with E-state index in [4.69, 9.17) is 0 Å². The molecule has 0 saturated carbocycles. The average Bonchev–Trinajstić information content (AvgIpc) is 3.67. The number of hydrogen-bond acceptors (Lipinski definition) is 1.